The van der Waals surface area contributed by atoms with Crippen LogP contribution in [-0.4, -0.2) is 41.3 Å². The Morgan fingerprint density at radius 3 is 2.95 bits per heavy atom. The maximum absolute atomic E-state index is 9.26. The fraction of sp³-hybridized carbons (Fsp3) is 0.389. The van der Waals surface area contributed by atoms with E-state index in [1.807, 2.05) is 12.3 Å². The molecule has 0 fully saturated rings. The van der Waals surface area contributed by atoms with Crippen molar-refractivity contribution in [1.82, 2.24) is 9.88 Å². The molecule has 4 heteroatoms. The van der Waals surface area contributed by atoms with Crippen LogP contribution >= 0.6 is 0 Å². The maximum Gasteiger partial charge on any atom is 0.122 e. The van der Waals surface area contributed by atoms with Gasteiger partial charge in [-0.25, -0.2) is 0 Å². The highest BCUT2D eigenvalue weighted by atomic mass is 16.5. The van der Waals surface area contributed by atoms with E-state index in [0.29, 0.717) is 6.54 Å². The molecule has 1 aromatic carbocycles. The summed E-state index contributed by atoms with van der Waals surface area (Å²) < 4.78 is 5.55. The van der Waals surface area contributed by atoms with E-state index in [1.165, 1.54) is 16.7 Å². The number of benzene rings is 1. The maximum atomic E-state index is 9.26. The summed E-state index contributed by atoms with van der Waals surface area (Å²) in [4.78, 5) is 6.42. The SMILES string of the molecule is OCCN(CCc1ccc2c(c1)CCO2)Cc1cccnc1. The number of rotatable bonds is 7. The van der Waals surface area contributed by atoms with Gasteiger partial charge in [-0.15, -0.1) is 0 Å². The van der Waals surface area contributed by atoms with Crippen molar-refractivity contribution in [3.05, 3.63) is 59.4 Å². The van der Waals surface area contributed by atoms with Crippen molar-refractivity contribution in [2.75, 3.05) is 26.3 Å². The van der Waals surface area contributed by atoms with Crippen LogP contribution < -0.4 is 4.74 Å². The van der Waals surface area contributed by atoms with E-state index >= 15 is 0 Å². The minimum Gasteiger partial charge on any atom is -0.493 e. The fourth-order valence-electron chi connectivity index (χ4n) is 2.84. The second kappa shape index (κ2) is 7.38. The summed E-state index contributed by atoms with van der Waals surface area (Å²) in [5.74, 6) is 1.03. The number of fused-ring (bicyclic) bond motifs is 1. The third kappa shape index (κ3) is 3.84. The molecule has 2 heterocycles. The Bertz CT molecular complexity index is 601. The largest absolute Gasteiger partial charge is 0.493 e. The van der Waals surface area contributed by atoms with Crippen molar-refractivity contribution in [1.29, 1.82) is 0 Å². The van der Waals surface area contributed by atoms with Crippen molar-refractivity contribution in [3.63, 3.8) is 0 Å². The first kappa shape index (κ1) is 15.0. The molecule has 2 aromatic rings. The molecular weight excluding hydrogens is 276 g/mol. The first-order chi connectivity index (χ1) is 10.8. The van der Waals surface area contributed by atoms with Crippen molar-refractivity contribution in [2.24, 2.45) is 0 Å². The zero-order valence-electron chi connectivity index (χ0n) is 12.7. The summed E-state index contributed by atoms with van der Waals surface area (Å²) in [5.41, 5.74) is 3.83. The Labute approximate surface area is 131 Å². The summed E-state index contributed by atoms with van der Waals surface area (Å²) >= 11 is 0. The molecule has 0 saturated heterocycles. The number of aliphatic hydroxyl groups is 1. The molecule has 0 bridgehead atoms. The monoisotopic (exact) mass is 298 g/mol. The molecule has 0 aliphatic carbocycles. The lowest BCUT2D eigenvalue weighted by molar-refractivity contribution is 0.191. The molecule has 1 aliphatic heterocycles. The molecule has 0 atom stereocenters. The third-order valence-corrected chi connectivity index (χ3v) is 4.02. The Hall–Kier alpha value is -1.91. The first-order valence-corrected chi connectivity index (χ1v) is 7.82. The van der Waals surface area contributed by atoms with Crippen LogP contribution in [-0.2, 0) is 19.4 Å². The van der Waals surface area contributed by atoms with Gasteiger partial charge >= 0.3 is 0 Å². The summed E-state index contributed by atoms with van der Waals surface area (Å²) in [6, 6.07) is 10.5. The van der Waals surface area contributed by atoms with E-state index in [-0.39, 0.29) is 6.61 Å². The van der Waals surface area contributed by atoms with Crippen LogP contribution in [0.15, 0.2) is 42.7 Å². The van der Waals surface area contributed by atoms with Gasteiger partial charge in [0.25, 0.3) is 0 Å². The number of ether oxygens (including phenoxy) is 1. The first-order valence-electron chi connectivity index (χ1n) is 7.82. The second-order valence-electron chi connectivity index (χ2n) is 5.65. The van der Waals surface area contributed by atoms with E-state index < -0.39 is 0 Å². The molecule has 0 unspecified atom stereocenters. The van der Waals surface area contributed by atoms with Gasteiger partial charge in [-0.1, -0.05) is 18.2 Å². The molecule has 0 spiro atoms. The molecule has 1 aliphatic rings. The lowest BCUT2D eigenvalue weighted by Crippen LogP contribution is -2.28. The summed E-state index contributed by atoms with van der Waals surface area (Å²) in [5, 5.41) is 9.26. The van der Waals surface area contributed by atoms with Crippen molar-refractivity contribution < 1.29 is 9.84 Å². The number of nitrogens with zero attached hydrogens (tertiary/aromatic N) is 2. The van der Waals surface area contributed by atoms with Crippen LogP contribution in [0.3, 0.4) is 0 Å². The van der Waals surface area contributed by atoms with Gasteiger partial charge in [-0.2, -0.15) is 0 Å². The number of pyridine rings is 1. The van der Waals surface area contributed by atoms with E-state index in [1.54, 1.807) is 6.20 Å². The van der Waals surface area contributed by atoms with Gasteiger partial charge in [-0.05, 0) is 35.2 Å². The summed E-state index contributed by atoms with van der Waals surface area (Å²) in [7, 11) is 0. The van der Waals surface area contributed by atoms with Gasteiger partial charge in [0.05, 0.1) is 13.2 Å². The average molecular weight is 298 g/mol. The minimum absolute atomic E-state index is 0.179. The van der Waals surface area contributed by atoms with E-state index in [2.05, 4.69) is 34.1 Å². The lowest BCUT2D eigenvalue weighted by Gasteiger charge is -2.21. The van der Waals surface area contributed by atoms with Crippen molar-refractivity contribution in [3.8, 4) is 5.75 Å². The lowest BCUT2D eigenvalue weighted by atomic mass is 10.1. The Morgan fingerprint density at radius 1 is 1.18 bits per heavy atom. The van der Waals surface area contributed by atoms with Gasteiger partial charge in [-0.3, -0.25) is 9.88 Å². The van der Waals surface area contributed by atoms with Crippen LogP contribution in [0.1, 0.15) is 16.7 Å². The van der Waals surface area contributed by atoms with Gasteiger partial charge in [0.15, 0.2) is 0 Å². The average Bonchev–Trinajstić information content (AvgIpc) is 3.01. The second-order valence-corrected chi connectivity index (χ2v) is 5.65. The van der Waals surface area contributed by atoms with Crippen LogP contribution in [0.4, 0.5) is 0 Å². The molecule has 3 rings (SSSR count). The predicted octanol–water partition coefficient (Wildman–Crippen LogP) is 2.05. The van der Waals surface area contributed by atoms with E-state index in [0.717, 1.165) is 38.3 Å². The van der Waals surface area contributed by atoms with E-state index in [9.17, 15) is 5.11 Å². The smallest absolute Gasteiger partial charge is 0.122 e. The molecule has 0 radical (unpaired) electrons. The highest BCUT2D eigenvalue weighted by molar-refractivity contribution is 5.39. The molecule has 4 nitrogen and oxygen atoms in total. The quantitative estimate of drug-likeness (QED) is 0.850. The Balaban J connectivity index is 1.59. The molecular formula is C18H22N2O2. The number of hydrogen-bond donors (Lipinski definition) is 1. The third-order valence-electron chi connectivity index (χ3n) is 4.02. The topological polar surface area (TPSA) is 45.6 Å². The summed E-state index contributed by atoms with van der Waals surface area (Å²) in [6.45, 7) is 3.41. The van der Waals surface area contributed by atoms with E-state index in [4.69, 9.17) is 4.74 Å². The molecule has 0 amide bonds. The fourth-order valence-corrected chi connectivity index (χ4v) is 2.84. The number of aromatic nitrogens is 1. The minimum atomic E-state index is 0.179. The van der Waals surface area contributed by atoms with Gasteiger partial charge in [0, 0.05) is 38.4 Å². The molecule has 1 N–H and O–H groups in total. The predicted molar refractivity (Wildman–Crippen MR) is 85.9 cm³/mol. The molecule has 22 heavy (non-hydrogen) atoms. The van der Waals surface area contributed by atoms with Crippen LogP contribution in [0.2, 0.25) is 0 Å². The van der Waals surface area contributed by atoms with Crippen LogP contribution in [0, 0.1) is 0 Å². The highest BCUT2D eigenvalue weighted by Gasteiger charge is 2.12. The number of aliphatic hydroxyl groups excluding tert-OH is 1. The molecule has 116 valence electrons. The van der Waals surface area contributed by atoms with Crippen LogP contribution in [0.25, 0.3) is 0 Å². The van der Waals surface area contributed by atoms with Gasteiger partial charge < -0.3 is 9.84 Å². The van der Waals surface area contributed by atoms with Gasteiger partial charge in [0.1, 0.15) is 5.75 Å². The van der Waals surface area contributed by atoms with Crippen molar-refractivity contribution in [2.45, 2.75) is 19.4 Å². The highest BCUT2D eigenvalue weighted by Crippen LogP contribution is 2.26. The zero-order valence-corrected chi connectivity index (χ0v) is 12.7. The summed E-state index contributed by atoms with van der Waals surface area (Å²) in [6.07, 6.45) is 5.66. The van der Waals surface area contributed by atoms with Gasteiger partial charge in [0.2, 0.25) is 0 Å². The standard InChI is InChI=1S/C18H22N2O2/c21-10-9-20(14-16-2-1-7-19-13-16)8-5-15-3-4-18-17(12-15)6-11-22-18/h1-4,7,12-13,21H,5-6,8-11,14H2. The normalized spacial score (nSPS) is 13.2. The zero-order chi connectivity index (χ0) is 15.2. The Morgan fingerprint density at radius 2 is 2.14 bits per heavy atom. The molecule has 1 aromatic heterocycles. The van der Waals surface area contributed by atoms with Crippen LogP contribution in [0.5, 0.6) is 5.75 Å². The molecule has 0 saturated carbocycles. The van der Waals surface area contributed by atoms with Crippen molar-refractivity contribution >= 4 is 0 Å². The Kier molecular flexibility index (Phi) is 5.03. The number of hydrogen-bond acceptors (Lipinski definition) is 4.